The predicted octanol–water partition coefficient (Wildman–Crippen LogP) is 1.49. The fraction of sp³-hybridized carbons (Fsp3) is 0.538. The molecule has 0 spiro atoms. The molecule has 1 N–H and O–H groups in total. The summed E-state index contributed by atoms with van der Waals surface area (Å²) in [6.07, 6.45) is 0.577. The molecule has 0 saturated heterocycles. The van der Waals surface area contributed by atoms with E-state index in [9.17, 15) is 8.42 Å². The lowest BCUT2D eigenvalue weighted by Crippen LogP contribution is -2.27. The molecule has 6 heteroatoms. The van der Waals surface area contributed by atoms with Crippen LogP contribution in [0.25, 0.3) is 0 Å². The van der Waals surface area contributed by atoms with Gasteiger partial charge in [0.15, 0.2) is 0 Å². The molecule has 0 aliphatic rings. The van der Waals surface area contributed by atoms with Gasteiger partial charge in [-0.1, -0.05) is 6.07 Å². The number of rotatable bonds is 7. The molecule has 0 aromatic heterocycles. The number of hydrogen-bond acceptors (Lipinski definition) is 4. The van der Waals surface area contributed by atoms with Crippen molar-refractivity contribution in [1.82, 2.24) is 4.72 Å². The molecule has 0 heterocycles. The van der Waals surface area contributed by atoms with Gasteiger partial charge in [0.2, 0.25) is 10.0 Å². The summed E-state index contributed by atoms with van der Waals surface area (Å²) in [5.74, 6) is 1.59. The van der Waals surface area contributed by atoms with Crippen LogP contribution in [0.3, 0.4) is 0 Å². The Morgan fingerprint density at radius 2 is 1.89 bits per heavy atom. The average molecular weight is 287 g/mol. The van der Waals surface area contributed by atoms with E-state index in [0.29, 0.717) is 13.0 Å². The maximum atomic E-state index is 11.3. The number of methoxy groups -OCH3 is 2. The monoisotopic (exact) mass is 287 g/mol. The number of sulfonamides is 1. The summed E-state index contributed by atoms with van der Waals surface area (Å²) in [5, 5.41) is 0. The fourth-order valence-electron chi connectivity index (χ4n) is 1.88. The first-order valence-corrected chi connectivity index (χ1v) is 7.78. The van der Waals surface area contributed by atoms with Gasteiger partial charge in [-0.05, 0) is 31.9 Å². The van der Waals surface area contributed by atoms with Crippen molar-refractivity contribution in [2.24, 2.45) is 0 Å². The minimum absolute atomic E-state index is 0.0891. The lowest BCUT2D eigenvalue weighted by molar-refractivity contribution is 0.385. The van der Waals surface area contributed by atoms with Crippen LogP contribution in [-0.4, -0.2) is 34.9 Å². The van der Waals surface area contributed by atoms with Crippen LogP contribution in [0.1, 0.15) is 18.1 Å². The van der Waals surface area contributed by atoms with Gasteiger partial charge in [0.25, 0.3) is 0 Å². The van der Waals surface area contributed by atoms with Gasteiger partial charge in [-0.25, -0.2) is 13.1 Å². The molecule has 1 rings (SSSR count). The van der Waals surface area contributed by atoms with Crippen LogP contribution in [0.15, 0.2) is 12.1 Å². The molecule has 0 saturated carbocycles. The Balaban J connectivity index is 2.82. The summed E-state index contributed by atoms with van der Waals surface area (Å²) in [7, 11) is 0.0590. The van der Waals surface area contributed by atoms with Gasteiger partial charge in [-0.15, -0.1) is 0 Å². The van der Waals surface area contributed by atoms with E-state index in [1.165, 1.54) is 0 Å². The van der Waals surface area contributed by atoms with Crippen LogP contribution in [0.4, 0.5) is 0 Å². The van der Waals surface area contributed by atoms with Crippen LogP contribution in [0.2, 0.25) is 0 Å². The molecule has 0 bridgehead atoms. The minimum atomic E-state index is -3.15. The number of benzene rings is 1. The molecule has 0 aliphatic carbocycles. The van der Waals surface area contributed by atoms with Crippen molar-refractivity contribution in [3.8, 4) is 11.5 Å². The van der Waals surface area contributed by atoms with Crippen LogP contribution in [-0.2, 0) is 16.4 Å². The summed E-state index contributed by atoms with van der Waals surface area (Å²) in [5.41, 5.74) is 1.88. The molecule has 0 radical (unpaired) electrons. The third-order valence-corrected chi connectivity index (χ3v) is 4.36. The van der Waals surface area contributed by atoms with Crippen LogP contribution < -0.4 is 14.2 Å². The molecule has 0 atom stereocenters. The lowest BCUT2D eigenvalue weighted by Gasteiger charge is -2.14. The normalized spacial score (nSPS) is 11.4. The standard InChI is InChI=1S/C13H21NO4S/c1-5-19(15,16)14-9-8-11-6-7-12(17-3)10(2)13(11)18-4/h6-7,14H,5,8-9H2,1-4H3. The van der Waals surface area contributed by atoms with Gasteiger partial charge >= 0.3 is 0 Å². The summed E-state index contributed by atoms with van der Waals surface area (Å²) < 4.78 is 35.8. The van der Waals surface area contributed by atoms with E-state index in [4.69, 9.17) is 9.47 Å². The Kier molecular flexibility index (Phi) is 5.62. The molecular formula is C13H21NO4S. The Morgan fingerprint density at radius 3 is 2.42 bits per heavy atom. The molecule has 0 amide bonds. The van der Waals surface area contributed by atoms with Crippen molar-refractivity contribution in [3.63, 3.8) is 0 Å². The molecule has 1 aromatic rings. The lowest BCUT2D eigenvalue weighted by atomic mass is 10.1. The SMILES string of the molecule is CCS(=O)(=O)NCCc1ccc(OC)c(C)c1OC. The van der Waals surface area contributed by atoms with Gasteiger partial charge in [-0.3, -0.25) is 0 Å². The third kappa shape index (κ3) is 4.11. The third-order valence-electron chi connectivity index (χ3n) is 2.96. The molecule has 108 valence electrons. The Hall–Kier alpha value is -1.27. The highest BCUT2D eigenvalue weighted by Gasteiger charge is 2.12. The first-order chi connectivity index (χ1) is 8.95. The Labute approximate surface area is 115 Å². The topological polar surface area (TPSA) is 64.6 Å². The largest absolute Gasteiger partial charge is 0.496 e. The second kappa shape index (κ2) is 6.77. The second-order valence-electron chi connectivity index (χ2n) is 4.13. The van der Waals surface area contributed by atoms with Crippen LogP contribution >= 0.6 is 0 Å². The first kappa shape index (κ1) is 15.8. The zero-order chi connectivity index (χ0) is 14.5. The van der Waals surface area contributed by atoms with E-state index in [-0.39, 0.29) is 5.75 Å². The summed E-state index contributed by atoms with van der Waals surface area (Å²) in [4.78, 5) is 0. The highest BCUT2D eigenvalue weighted by molar-refractivity contribution is 7.89. The molecule has 0 fully saturated rings. The van der Waals surface area contributed by atoms with E-state index in [1.54, 1.807) is 21.1 Å². The van der Waals surface area contributed by atoms with Crippen molar-refractivity contribution >= 4 is 10.0 Å². The number of hydrogen-bond donors (Lipinski definition) is 1. The van der Waals surface area contributed by atoms with Gasteiger partial charge in [0, 0.05) is 12.1 Å². The molecular weight excluding hydrogens is 266 g/mol. The Bertz CT molecular complexity index is 526. The van der Waals surface area contributed by atoms with Crippen molar-refractivity contribution in [2.45, 2.75) is 20.3 Å². The van der Waals surface area contributed by atoms with Crippen molar-refractivity contribution < 1.29 is 17.9 Å². The highest BCUT2D eigenvalue weighted by atomic mass is 32.2. The molecule has 1 aromatic carbocycles. The van der Waals surface area contributed by atoms with Gasteiger partial charge in [0.05, 0.1) is 20.0 Å². The van der Waals surface area contributed by atoms with E-state index in [0.717, 1.165) is 22.6 Å². The van der Waals surface area contributed by atoms with Crippen LogP contribution in [0, 0.1) is 6.92 Å². The smallest absolute Gasteiger partial charge is 0.211 e. The summed E-state index contributed by atoms with van der Waals surface area (Å²) >= 11 is 0. The molecule has 0 aliphatic heterocycles. The van der Waals surface area contributed by atoms with E-state index < -0.39 is 10.0 Å². The zero-order valence-corrected chi connectivity index (χ0v) is 12.6. The number of ether oxygens (including phenoxy) is 2. The van der Waals surface area contributed by atoms with Crippen molar-refractivity contribution in [3.05, 3.63) is 23.3 Å². The maximum absolute atomic E-state index is 11.3. The quantitative estimate of drug-likeness (QED) is 0.825. The van der Waals surface area contributed by atoms with Crippen LogP contribution in [0.5, 0.6) is 11.5 Å². The fourth-order valence-corrected chi connectivity index (χ4v) is 2.49. The van der Waals surface area contributed by atoms with Crippen molar-refractivity contribution in [1.29, 1.82) is 0 Å². The average Bonchev–Trinajstić information content (AvgIpc) is 2.39. The van der Waals surface area contributed by atoms with Gasteiger partial charge in [-0.2, -0.15) is 0 Å². The summed E-state index contributed by atoms with van der Waals surface area (Å²) in [6.45, 7) is 3.89. The van der Waals surface area contributed by atoms with Gasteiger partial charge in [0.1, 0.15) is 11.5 Å². The predicted molar refractivity (Wildman–Crippen MR) is 75.5 cm³/mol. The second-order valence-corrected chi connectivity index (χ2v) is 6.23. The Morgan fingerprint density at radius 1 is 1.21 bits per heavy atom. The first-order valence-electron chi connectivity index (χ1n) is 6.13. The molecule has 0 unspecified atom stereocenters. The van der Waals surface area contributed by atoms with E-state index >= 15 is 0 Å². The summed E-state index contributed by atoms with van der Waals surface area (Å²) in [6, 6.07) is 3.76. The van der Waals surface area contributed by atoms with Crippen molar-refractivity contribution in [2.75, 3.05) is 26.5 Å². The zero-order valence-electron chi connectivity index (χ0n) is 11.8. The minimum Gasteiger partial charge on any atom is -0.496 e. The van der Waals surface area contributed by atoms with E-state index in [1.807, 2.05) is 19.1 Å². The highest BCUT2D eigenvalue weighted by Crippen LogP contribution is 2.31. The van der Waals surface area contributed by atoms with Gasteiger partial charge < -0.3 is 9.47 Å². The molecule has 5 nitrogen and oxygen atoms in total. The molecule has 19 heavy (non-hydrogen) atoms. The maximum Gasteiger partial charge on any atom is 0.211 e. The van der Waals surface area contributed by atoms with E-state index in [2.05, 4.69) is 4.72 Å². The number of nitrogens with one attached hydrogen (secondary N) is 1.